The maximum absolute atomic E-state index is 12.4. The molecule has 0 aromatic carbocycles. The Kier molecular flexibility index (Phi) is 1.49. The van der Waals surface area contributed by atoms with Gasteiger partial charge in [0.05, 0.1) is 13.2 Å². The normalized spacial score (nSPS) is 27.8. The lowest BCUT2D eigenvalue weighted by Crippen LogP contribution is -2.32. The van der Waals surface area contributed by atoms with Crippen molar-refractivity contribution in [2.45, 2.75) is 19.4 Å². The van der Waals surface area contributed by atoms with Crippen LogP contribution in [0.4, 0.5) is 4.39 Å². The van der Waals surface area contributed by atoms with Gasteiger partial charge in [0.1, 0.15) is 0 Å². The minimum Gasteiger partial charge on any atom is -0.324 e. The smallest absolute Gasteiger partial charge is 0.317 e. The lowest BCUT2D eigenvalue weighted by molar-refractivity contribution is -0.328. The Labute approximate surface area is 47.6 Å². The fourth-order valence-corrected chi connectivity index (χ4v) is 0.610. The molecule has 48 valence electrons. The fraction of sp³-hybridized carbons (Fsp3) is 1.00. The van der Waals surface area contributed by atoms with Gasteiger partial charge >= 0.3 is 6.04 Å². The molecular formula is C5H9FO2. The molecule has 0 aromatic heterocycles. The van der Waals surface area contributed by atoms with E-state index in [1.54, 1.807) is 0 Å². The summed E-state index contributed by atoms with van der Waals surface area (Å²) in [7, 11) is 0. The first-order chi connectivity index (χ1) is 3.71. The molecule has 0 unspecified atom stereocenters. The Morgan fingerprint density at radius 3 is 2.12 bits per heavy atom. The first-order valence-corrected chi connectivity index (χ1v) is 2.67. The van der Waals surface area contributed by atoms with E-state index in [0.717, 1.165) is 6.42 Å². The predicted molar refractivity (Wildman–Crippen MR) is 26.0 cm³/mol. The minimum absolute atomic E-state index is 0.465. The van der Waals surface area contributed by atoms with Crippen LogP contribution in [0, 0.1) is 0 Å². The summed E-state index contributed by atoms with van der Waals surface area (Å²) in [5.41, 5.74) is 0. The van der Waals surface area contributed by atoms with E-state index < -0.39 is 6.04 Å². The Bertz CT molecular complexity index is 74.5. The summed E-state index contributed by atoms with van der Waals surface area (Å²) in [6, 6.07) is -1.82. The molecule has 0 aromatic rings. The van der Waals surface area contributed by atoms with Crippen molar-refractivity contribution in [1.29, 1.82) is 0 Å². The zero-order valence-electron chi connectivity index (χ0n) is 4.82. The van der Waals surface area contributed by atoms with Crippen LogP contribution in [0.25, 0.3) is 0 Å². The first kappa shape index (κ1) is 5.98. The molecule has 0 N–H and O–H groups in total. The summed E-state index contributed by atoms with van der Waals surface area (Å²) in [5.74, 6) is 0. The molecule has 0 aliphatic carbocycles. The second kappa shape index (κ2) is 1.99. The van der Waals surface area contributed by atoms with Crippen LogP contribution in [-0.2, 0) is 9.47 Å². The fourth-order valence-electron chi connectivity index (χ4n) is 0.610. The van der Waals surface area contributed by atoms with Crippen molar-refractivity contribution in [3.05, 3.63) is 0 Å². The molecule has 3 heteroatoms. The Morgan fingerprint density at radius 2 is 1.88 bits per heavy atom. The maximum Gasteiger partial charge on any atom is 0.317 e. The predicted octanol–water partition coefficient (Wildman–Crippen LogP) is 1.07. The van der Waals surface area contributed by atoms with Crippen LogP contribution in [0.1, 0.15) is 13.3 Å². The van der Waals surface area contributed by atoms with E-state index in [2.05, 4.69) is 9.47 Å². The molecule has 0 amide bonds. The van der Waals surface area contributed by atoms with Crippen molar-refractivity contribution in [1.82, 2.24) is 0 Å². The zero-order valence-corrected chi connectivity index (χ0v) is 4.82. The first-order valence-electron chi connectivity index (χ1n) is 2.67. The monoisotopic (exact) mass is 120 g/mol. The highest BCUT2D eigenvalue weighted by molar-refractivity contribution is 4.50. The maximum atomic E-state index is 12.4. The quantitative estimate of drug-likeness (QED) is 0.476. The van der Waals surface area contributed by atoms with E-state index in [1.807, 2.05) is 0 Å². The highest BCUT2D eigenvalue weighted by atomic mass is 19.2. The molecule has 0 saturated carbocycles. The van der Waals surface area contributed by atoms with Crippen molar-refractivity contribution in [3.8, 4) is 0 Å². The molecule has 1 aliphatic rings. The van der Waals surface area contributed by atoms with Crippen LogP contribution in [-0.4, -0.2) is 19.3 Å². The highest BCUT2D eigenvalue weighted by Crippen LogP contribution is 2.18. The van der Waals surface area contributed by atoms with Crippen LogP contribution in [0.3, 0.4) is 0 Å². The van der Waals surface area contributed by atoms with Gasteiger partial charge in [-0.3, -0.25) is 0 Å². The van der Waals surface area contributed by atoms with Crippen molar-refractivity contribution < 1.29 is 13.9 Å². The van der Waals surface area contributed by atoms with Crippen LogP contribution in [0.15, 0.2) is 0 Å². The van der Waals surface area contributed by atoms with Crippen molar-refractivity contribution in [2.75, 3.05) is 13.2 Å². The van der Waals surface area contributed by atoms with Gasteiger partial charge in [0.25, 0.3) is 0 Å². The average molecular weight is 120 g/mol. The topological polar surface area (TPSA) is 18.5 Å². The zero-order chi connectivity index (χ0) is 6.04. The van der Waals surface area contributed by atoms with Gasteiger partial charge in [0, 0.05) is 6.92 Å². The molecule has 8 heavy (non-hydrogen) atoms. The van der Waals surface area contributed by atoms with E-state index in [-0.39, 0.29) is 0 Å². The molecule has 1 aliphatic heterocycles. The number of ether oxygens (including phenoxy) is 2. The molecule has 1 rings (SSSR count). The molecule has 1 saturated heterocycles. The van der Waals surface area contributed by atoms with Crippen LogP contribution in [0.2, 0.25) is 0 Å². The molecule has 0 bridgehead atoms. The van der Waals surface area contributed by atoms with Crippen molar-refractivity contribution in [2.24, 2.45) is 0 Å². The molecular weight excluding hydrogens is 111 g/mol. The summed E-state index contributed by atoms with van der Waals surface area (Å²) in [4.78, 5) is 0. The second-order valence-corrected chi connectivity index (χ2v) is 1.89. The van der Waals surface area contributed by atoms with Gasteiger partial charge in [-0.15, -0.1) is 0 Å². The van der Waals surface area contributed by atoms with Gasteiger partial charge in [-0.25, -0.2) is 0 Å². The number of hydrogen-bond acceptors (Lipinski definition) is 2. The third-order valence-corrected chi connectivity index (χ3v) is 1.01. The lowest BCUT2D eigenvalue weighted by atomic mass is 10.4. The van der Waals surface area contributed by atoms with E-state index >= 15 is 0 Å². The molecule has 0 radical (unpaired) electrons. The molecule has 1 heterocycles. The summed E-state index contributed by atoms with van der Waals surface area (Å²) < 4.78 is 21.6. The lowest BCUT2D eigenvalue weighted by Gasteiger charge is -2.25. The molecule has 2 nitrogen and oxygen atoms in total. The largest absolute Gasteiger partial charge is 0.324 e. The molecule has 0 spiro atoms. The Morgan fingerprint density at radius 1 is 1.38 bits per heavy atom. The SMILES string of the molecule is CC1(F)OCCCO1. The summed E-state index contributed by atoms with van der Waals surface area (Å²) in [5, 5.41) is 0. The minimum atomic E-state index is -1.82. The Hall–Kier alpha value is -0.150. The van der Waals surface area contributed by atoms with Gasteiger partial charge < -0.3 is 9.47 Å². The van der Waals surface area contributed by atoms with Crippen LogP contribution >= 0.6 is 0 Å². The van der Waals surface area contributed by atoms with Gasteiger partial charge in [-0.2, -0.15) is 4.39 Å². The van der Waals surface area contributed by atoms with Gasteiger partial charge in [-0.1, -0.05) is 0 Å². The third kappa shape index (κ3) is 1.42. The van der Waals surface area contributed by atoms with Gasteiger partial charge in [0.15, 0.2) is 0 Å². The second-order valence-electron chi connectivity index (χ2n) is 1.89. The van der Waals surface area contributed by atoms with Crippen LogP contribution in [0.5, 0.6) is 0 Å². The van der Waals surface area contributed by atoms with Crippen molar-refractivity contribution in [3.63, 3.8) is 0 Å². The van der Waals surface area contributed by atoms with E-state index in [9.17, 15) is 4.39 Å². The number of hydrogen-bond donors (Lipinski definition) is 0. The summed E-state index contributed by atoms with van der Waals surface area (Å²) >= 11 is 0. The number of rotatable bonds is 0. The number of halogens is 1. The average Bonchev–Trinajstić information content (AvgIpc) is 1.65. The molecule has 0 atom stereocenters. The van der Waals surface area contributed by atoms with E-state index in [4.69, 9.17) is 0 Å². The van der Waals surface area contributed by atoms with Gasteiger partial charge in [0.2, 0.25) is 0 Å². The van der Waals surface area contributed by atoms with E-state index in [1.165, 1.54) is 6.92 Å². The standard InChI is InChI=1S/C5H9FO2/c1-5(6)7-3-2-4-8-5/h2-4H2,1H3. The van der Waals surface area contributed by atoms with Crippen LogP contribution < -0.4 is 0 Å². The van der Waals surface area contributed by atoms with E-state index in [0.29, 0.717) is 13.2 Å². The Balaban J connectivity index is 2.33. The summed E-state index contributed by atoms with van der Waals surface area (Å²) in [6.07, 6.45) is 0.791. The summed E-state index contributed by atoms with van der Waals surface area (Å²) in [6.45, 7) is 2.20. The van der Waals surface area contributed by atoms with Gasteiger partial charge in [-0.05, 0) is 6.42 Å². The number of alkyl halides is 1. The third-order valence-electron chi connectivity index (χ3n) is 1.01. The molecule has 1 fully saturated rings. The van der Waals surface area contributed by atoms with Crippen molar-refractivity contribution >= 4 is 0 Å². The highest BCUT2D eigenvalue weighted by Gasteiger charge is 2.27.